The molecule has 1 aromatic heterocycles. The molecule has 0 aromatic carbocycles. The predicted octanol–water partition coefficient (Wildman–Crippen LogP) is 2.15. The number of aliphatic hydroxyl groups is 1. The van der Waals surface area contributed by atoms with Gasteiger partial charge >= 0.3 is 0 Å². The zero-order valence-corrected chi connectivity index (χ0v) is 13.4. The summed E-state index contributed by atoms with van der Waals surface area (Å²) in [7, 11) is 0. The van der Waals surface area contributed by atoms with Crippen molar-refractivity contribution in [3.8, 4) is 11.8 Å². The van der Waals surface area contributed by atoms with Crippen molar-refractivity contribution in [1.82, 2.24) is 9.80 Å². The first-order valence-electron chi connectivity index (χ1n) is 8.00. The van der Waals surface area contributed by atoms with Crippen LogP contribution in [0.1, 0.15) is 35.4 Å². The van der Waals surface area contributed by atoms with E-state index in [9.17, 15) is 0 Å². The number of rotatable bonds is 3. The Balaban J connectivity index is 1.57. The second kappa shape index (κ2) is 7.42. The molecule has 114 valence electrons. The fourth-order valence-corrected chi connectivity index (χ4v) is 4.31. The Hall–Kier alpha value is -0.860. The van der Waals surface area contributed by atoms with Gasteiger partial charge in [-0.3, -0.25) is 9.80 Å². The van der Waals surface area contributed by atoms with Crippen LogP contribution < -0.4 is 0 Å². The van der Waals surface area contributed by atoms with Crippen molar-refractivity contribution in [2.24, 2.45) is 0 Å². The van der Waals surface area contributed by atoms with Crippen molar-refractivity contribution in [3.05, 3.63) is 21.9 Å². The molecular weight excluding hydrogens is 280 g/mol. The maximum absolute atomic E-state index is 8.76. The molecule has 1 aromatic rings. The van der Waals surface area contributed by atoms with Gasteiger partial charge in [0.15, 0.2) is 0 Å². The average Bonchev–Trinajstić information content (AvgIpc) is 3.06. The lowest BCUT2D eigenvalue weighted by Crippen LogP contribution is -2.36. The van der Waals surface area contributed by atoms with E-state index in [-0.39, 0.29) is 6.61 Å². The monoisotopic (exact) mass is 304 g/mol. The SMILES string of the molecule is OCCC#Cc1ccc(CN2CCCN3CCCC3C2)s1. The number of nitrogens with zero attached hydrogens (tertiary/aromatic N) is 2. The van der Waals surface area contributed by atoms with Gasteiger partial charge in [-0.05, 0) is 51.0 Å². The summed E-state index contributed by atoms with van der Waals surface area (Å²) >= 11 is 1.80. The Bertz CT molecular complexity index is 516. The van der Waals surface area contributed by atoms with Crippen LogP contribution >= 0.6 is 11.3 Å². The molecule has 0 spiro atoms. The second-order valence-electron chi connectivity index (χ2n) is 5.96. The average molecular weight is 304 g/mol. The number of thiophene rings is 1. The molecule has 1 N–H and O–H groups in total. The molecule has 0 aliphatic carbocycles. The molecule has 0 amide bonds. The molecular formula is C17H24N2OS. The summed E-state index contributed by atoms with van der Waals surface area (Å²) in [5, 5.41) is 8.76. The lowest BCUT2D eigenvalue weighted by Gasteiger charge is -2.25. The number of fused-ring (bicyclic) bond motifs is 1. The number of aliphatic hydroxyl groups excluding tert-OH is 1. The summed E-state index contributed by atoms with van der Waals surface area (Å²) in [5.41, 5.74) is 0. The van der Waals surface area contributed by atoms with Crippen molar-refractivity contribution < 1.29 is 5.11 Å². The van der Waals surface area contributed by atoms with Gasteiger partial charge in [0.25, 0.3) is 0 Å². The predicted molar refractivity (Wildman–Crippen MR) is 87.4 cm³/mol. The van der Waals surface area contributed by atoms with Crippen LogP contribution in [0.3, 0.4) is 0 Å². The van der Waals surface area contributed by atoms with Crippen molar-refractivity contribution in [3.63, 3.8) is 0 Å². The standard InChI is InChI=1S/C17H24N2OS/c20-12-2-1-6-16-7-8-17(21-16)14-18-9-4-11-19-10-3-5-15(19)13-18/h7-8,15,20H,2-5,9-14H2. The highest BCUT2D eigenvalue weighted by molar-refractivity contribution is 7.12. The fraction of sp³-hybridized carbons (Fsp3) is 0.647. The van der Waals surface area contributed by atoms with Crippen LogP contribution in [-0.2, 0) is 6.54 Å². The Morgan fingerprint density at radius 1 is 1.24 bits per heavy atom. The third-order valence-electron chi connectivity index (χ3n) is 4.38. The molecule has 0 saturated carbocycles. The van der Waals surface area contributed by atoms with Gasteiger partial charge in [0, 0.05) is 30.4 Å². The van der Waals surface area contributed by atoms with Crippen LogP contribution in [0.15, 0.2) is 12.1 Å². The van der Waals surface area contributed by atoms with Crippen molar-refractivity contribution in [1.29, 1.82) is 0 Å². The summed E-state index contributed by atoms with van der Waals surface area (Å²) in [6, 6.07) is 5.12. The highest BCUT2D eigenvalue weighted by Gasteiger charge is 2.28. The van der Waals surface area contributed by atoms with E-state index in [4.69, 9.17) is 5.11 Å². The van der Waals surface area contributed by atoms with Crippen LogP contribution in [-0.4, -0.2) is 53.7 Å². The van der Waals surface area contributed by atoms with Crippen LogP contribution in [0.2, 0.25) is 0 Å². The third-order valence-corrected chi connectivity index (χ3v) is 5.36. The van der Waals surface area contributed by atoms with E-state index < -0.39 is 0 Å². The van der Waals surface area contributed by atoms with Crippen LogP contribution in [0.5, 0.6) is 0 Å². The molecule has 1 unspecified atom stereocenters. The largest absolute Gasteiger partial charge is 0.395 e. The number of hydrogen-bond donors (Lipinski definition) is 1. The lowest BCUT2D eigenvalue weighted by molar-refractivity contribution is 0.216. The fourth-order valence-electron chi connectivity index (χ4n) is 3.38. The van der Waals surface area contributed by atoms with E-state index in [1.54, 1.807) is 11.3 Å². The van der Waals surface area contributed by atoms with E-state index >= 15 is 0 Å². The minimum absolute atomic E-state index is 0.150. The van der Waals surface area contributed by atoms with Gasteiger partial charge in [-0.2, -0.15) is 0 Å². The van der Waals surface area contributed by atoms with Gasteiger partial charge in [-0.25, -0.2) is 0 Å². The van der Waals surface area contributed by atoms with Gasteiger partial charge in [0.2, 0.25) is 0 Å². The first-order valence-corrected chi connectivity index (χ1v) is 8.81. The van der Waals surface area contributed by atoms with Crippen LogP contribution in [0, 0.1) is 11.8 Å². The Kier molecular flexibility index (Phi) is 5.32. The Morgan fingerprint density at radius 2 is 2.14 bits per heavy atom. The van der Waals surface area contributed by atoms with E-state index in [1.807, 2.05) is 0 Å². The zero-order chi connectivity index (χ0) is 14.5. The topological polar surface area (TPSA) is 26.7 Å². The Morgan fingerprint density at radius 3 is 3.05 bits per heavy atom. The normalized spacial score (nSPS) is 23.4. The molecule has 4 heteroatoms. The van der Waals surface area contributed by atoms with Gasteiger partial charge in [-0.15, -0.1) is 11.3 Å². The molecule has 3 nitrogen and oxygen atoms in total. The van der Waals surface area contributed by atoms with E-state index in [2.05, 4.69) is 33.8 Å². The molecule has 2 saturated heterocycles. The zero-order valence-electron chi connectivity index (χ0n) is 12.6. The van der Waals surface area contributed by atoms with Crippen LogP contribution in [0.4, 0.5) is 0 Å². The minimum Gasteiger partial charge on any atom is -0.395 e. The highest BCUT2D eigenvalue weighted by atomic mass is 32.1. The third kappa shape index (κ3) is 4.08. The minimum atomic E-state index is 0.150. The lowest BCUT2D eigenvalue weighted by atomic mass is 10.2. The van der Waals surface area contributed by atoms with Gasteiger partial charge in [0.05, 0.1) is 11.5 Å². The molecule has 3 rings (SSSR count). The summed E-state index contributed by atoms with van der Waals surface area (Å²) in [6.45, 7) is 6.25. The molecule has 0 radical (unpaired) electrons. The first-order chi connectivity index (χ1) is 10.3. The van der Waals surface area contributed by atoms with E-state index in [0.717, 1.165) is 17.5 Å². The summed E-state index contributed by atoms with van der Waals surface area (Å²) in [4.78, 5) is 7.83. The molecule has 0 bridgehead atoms. The maximum Gasteiger partial charge on any atom is 0.0771 e. The summed E-state index contributed by atoms with van der Waals surface area (Å²) < 4.78 is 0. The molecule has 21 heavy (non-hydrogen) atoms. The number of hydrogen-bond acceptors (Lipinski definition) is 4. The van der Waals surface area contributed by atoms with Crippen molar-refractivity contribution in [2.75, 3.05) is 32.8 Å². The van der Waals surface area contributed by atoms with Gasteiger partial charge < -0.3 is 5.11 Å². The quantitative estimate of drug-likeness (QED) is 0.867. The van der Waals surface area contributed by atoms with Gasteiger partial charge in [0.1, 0.15) is 0 Å². The van der Waals surface area contributed by atoms with Crippen molar-refractivity contribution >= 4 is 11.3 Å². The highest BCUT2D eigenvalue weighted by Crippen LogP contribution is 2.24. The first kappa shape index (κ1) is 15.1. The molecule has 2 aliphatic rings. The van der Waals surface area contributed by atoms with E-state index in [0.29, 0.717) is 6.42 Å². The van der Waals surface area contributed by atoms with Gasteiger partial charge in [-0.1, -0.05) is 11.8 Å². The summed E-state index contributed by atoms with van der Waals surface area (Å²) in [6.07, 6.45) is 4.61. The molecule has 3 heterocycles. The molecule has 1 atom stereocenters. The van der Waals surface area contributed by atoms with E-state index in [1.165, 1.54) is 50.3 Å². The van der Waals surface area contributed by atoms with Crippen LogP contribution in [0.25, 0.3) is 0 Å². The maximum atomic E-state index is 8.76. The molecule has 2 fully saturated rings. The summed E-state index contributed by atoms with van der Waals surface area (Å²) in [5.74, 6) is 6.13. The Labute approximate surface area is 131 Å². The molecule has 2 aliphatic heterocycles. The smallest absolute Gasteiger partial charge is 0.0771 e. The second-order valence-corrected chi connectivity index (χ2v) is 7.13. The van der Waals surface area contributed by atoms with Crippen molar-refractivity contribution in [2.45, 2.75) is 38.3 Å².